The van der Waals surface area contributed by atoms with Crippen LogP contribution < -0.4 is 5.56 Å². The molecule has 1 aromatic heterocycles. The van der Waals surface area contributed by atoms with E-state index in [9.17, 15) is 17.8 Å². The van der Waals surface area contributed by atoms with Crippen LogP contribution in [-0.4, -0.2) is 22.8 Å². The van der Waals surface area contributed by atoms with Crippen molar-refractivity contribution in [3.8, 4) is 5.69 Å². The third kappa shape index (κ3) is 9.49. The standard InChI is InChI=1S/C26H42N2O4S/c1-3-5-7-9-11-13-16-22(17-14-12-10-8-6-4-2)25-21-26(29)28(27-25)23-18-15-19-24(20-23)33(30,31)32/h15,18-22,27H,3-14,16-17H2,1-2H3,(H,30,31,32). The lowest BCUT2D eigenvalue weighted by Gasteiger charge is -2.16. The summed E-state index contributed by atoms with van der Waals surface area (Å²) in [6.07, 6.45) is 17.0. The van der Waals surface area contributed by atoms with E-state index in [1.165, 1.54) is 87.1 Å². The highest BCUT2D eigenvalue weighted by Gasteiger charge is 2.17. The highest BCUT2D eigenvalue weighted by Crippen LogP contribution is 2.27. The molecule has 0 fully saturated rings. The molecule has 0 aliphatic carbocycles. The van der Waals surface area contributed by atoms with Crippen molar-refractivity contribution in [1.82, 2.24) is 9.78 Å². The van der Waals surface area contributed by atoms with Crippen LogP contribution in [0.2, 0.25) is 0 Å². The Kier molecular flexibility index (Phi) is 12.0. The first kappa shape index (κ1) is 27.4. The zero-order valence-corrected chi connectivity index (χ0v) is 21.2. The molecule has 1 aromatic carbocycles. The third-order valence-corrected chi connectivity index (χ3v) is 7.22. The highest BCUT2D eigenvalue weighted by atomic mass is 32.2. The van der Waals surface area contributed by atoms with Crippen molar-refractivity contribution in [1.29, 1.82) is 0 Å². The SMILES string of the molecule is CCCCCCCCC(CCCCCCCC)c1cc(=O)n(-c2cccc(S(=O)(=O)O)c2)[nH]1. The molecule has 1 heterocycles. The molecule has 33 heavy (non-hydrogen) atoms. The van der Waals surface area contributed by atoms with Gasteiger partial charge in [0.1, 0.15) is 0 Å². The Balaban J connectivity index is 2.10. The number of nitrogens with zero attached hydrogens (tertiary/aromatic N) is 1. The Hall–Kier alpha value is -1.86. The molecule has 0 saturated carbocycles. The topological polar surface area (TPSA) is 92.2 Å². The maximum atomic E-state index is 12.7. The predicted octanol–water partition coefficient (Wildman–Crippen LogP) is 7.00. The maximum Gasteiger partial charge on any atom is 0.294 e. The molecule has 0 amide bonds. The number of rotatable bonds is 17. The van der Waals surface area contributed by atoms with Gasteiger partial charge < -0.3 is 0 Å². The Morgan fingerprint density at radius 2 is 1.39 bits per heavy atom. The number of hydrogen-bond donors (Lipinski definition) is 2. The molecule has 0 aliphatic rings. The maximum absolute atomic E-state index is 12.7. The fourth-order valence-corrected chi connectivity index (χ4v) is 4.92. The second-order valence-corrected chi connectivity index (χ2v) is 10.6. The van der Waals surface area contributed by atoms with E-state index in [0.29, 0.717) is 11.6 Å². The second-order valence-electron chi connectivity index (χ2n) is 9.17. The molecule has 0 bridgehead atoms. The van der Waals surface area contributed by atoms with Crippen LogP contribution in [0, 0.1) is 0 Å². The van der Waals surface area contributed by atoms with Crippen molar-refractivity contribution in [3.63, 3.8) is 0 Å². The minimum Gasteiger partial charge on any atom is -0.295 e. The monoisotopic (exact) mass is 478 g/mol. The Morgan fingerprint density at radius 3 is 1.94 bits per heavy atom. The van der Waals surface area contributed by atoms with Gasteiger partial charge in [-0.3, -0.25) is 14.4 Å². The van der Waals surface area contributed by atoms with Gasteiger partial charge in [0, 0.05) is 17.7 Å². The molecule has 2 rings (SSSR count). The number of aromatic amines is 1. The van der Waals surface area contributed by atoms with Gasteiger partial charge in [0.15, 0.2) is 0 Å². The van der Waals surface area contributed by atoms with E-state index in [0.717, 1.165) is 31.4 Å². The zero-order valence-electron chi connectivity index (χ0n) is 20.4. The molecule has 0 spiro atoms. The smallest absolute Gasteiger partial charge is 0.294 e. The van der Waals surface area contributed by atoms with Crippen molar-refractivity contribution in [2.45, 2.75) is 115 Å². The van der Waals surface area contributed by atoms with Gasteiger partial charge in [0.2, 0.25) is 0 Å². The molecule has 0 unspecified atom stereocenters. The number of unbranched alkanes of at least 4 members (excludes halogenated alkanes) is 10. The number of H-pyrrole nitrogens is 1. The van der Waals surface area contributed by atoms with Gasteiger partial charge in [-0.25, -0.2) is 4.68 Å². The van der Waals surface area contributed by atoms with Gasteiger partial charge in [0.25, 0.3) is 15.7 Å². The lowest BCUT2D eigenvalue weighted by atomic mass is 9.91. The van der Waals surface area contributed by atoms with Gasteiger partial charge in [-0.2, -0.15) is 8.42 Å². The van der Waals surface area contributed by atoms with Gasteiger partial charge in [-0.1, -0.05) is 97.0 Å². The van der Waals surface area contributed by atoms with Gasteiger partial charge >= 0.3 is 0 Å². The van der Waals surface area contributed by atoms with Crippen molar-refractivity contribution >= 4 is 10.1 Å². The van der Waals surface area contributed by atoms with Crippen LogP contribution in [0.4, 0.5) is 0 Å². The average molecular weight is 479 g/mol. The summed E-state index contributed by atoms with van der Waals surface area (Å²) in [5, 5.41) is 3.23. The number of aromatic nitrogens is 2. The zero-order chi connectivity index (χ0) is 24.1. The van der Waals surface area contributed by atoms with Crippen LogP contribution in [0.5, 0.6) is 0 Å². The summed E-state index contributed by atoms with van der Waals surface area (Å²) in [5.74, 6) is 0.293. The summed E-state index contributed by atoms with van der Waals surface area (Å²) in [6.45, 7) is 4.45. The van der Waals surface area contributed by atoms with Crippen molar-refractivity contribution in [3.05, 3.63) is 46.4 Å². The fraction of sp³-hybridized carbons (Fsp3) is 0.654. The number of hydrogen-bond acceptors (Lipinski definition) is 3. The average Bonchev–Trinajstić information content (AvgIpc) is 3.18. The molecule has 0 radical (unpaired) electrons. The van der Waals surface area contributed by atoms with E-state index < -0.39 is 10.1 Å². The Labute approximate surface area is 199 Å². The van der Waals surface area contributed by atoms with E-state index in [1.807, 2.05) is 0 Å². The number of nitrogens with one attached hydrogen (secondary N) is 1. The Bertz CT molecular complexity index is 962. The first-order valence-corrected chi connectivity index (χ1v) is 14.2. The third-order valence-electron chi connectivity index (χ3n) is 6.37. The van der Waals surface area contributed by atoms with Crippen molar-refractivity contribution in [2.75, 3.05) is 0 Å². The van der Waals surface area contributed by atoms with Gasteiger partial charge in [-0.15, -0.1) is 0 Å². The molecular weight excluding hydrogens is 436 g/mol. The molecule has 2 aromatic rings. The molecular formula is C26H42N2O4S. The summed E-state index contributed by atoms with van der Waals surface area (Å²) in [5.41, 5.74) is 1.10. The van der Waals surface area contributed by atoms with Gasteiger partial charge in [-0.05, 0) is 31.0 Å². The largest absolute Gasteiger partial charge is 0.295 e. The molecule has 0 atom stereocenters. The van der Waals surface area contributed by atoms with Crippen LogP contribution in [0.3, 0.4) is 0 Å². The highest BCUT2D eigenvalue weighted by molar-refractivity contribution is 7.85. The molecule has 186 valence electrons. The molecule has 0 saturated heterocycles. The predicted molar refractivity (Wildman–Crippen MR) is 135 cm³/mol. The van der Waals surface area contributed by atoms with Crippen LogP contribution in [0.15, 0.2) is 40.0 Å². The molecule has 6 nitrogen and oxygen atoms in total. The van der Waals surface area contributed by atoms with Gasteiger partial charge in [0.05, 0.1) is 10.6 Å². The minimum atomic E-state index is -4.33. The summed E-state index contributed by atoms with van der Waals surface area (Å²) in [4.78, 5) is 12.5. The van der Waals surface area contributed by atoms with Crippen molar-refractivity contribution < 1.29 is 13.0 Å². The van der Waals surface area contributed by atoms with E-state index in [4.69, 9.17) is 0 Å². The van der Waals surface area contributed by atoms with Crippen LogP contribution in [0.25, 0.3) is 5.69 Å². The molecule has 0 aliphatic heterocycles. The quantitative estimate of drug-likeness (QED) is 0.189. The summed E-state index contributed by atoms with van der Waals surface area (Å²) < 4.78 is 33.7. The normalized spacial score (nSPS) is 12.0. The van der Waals surface area contributed by atoms with Crippen LogP contribution >= 0.6 is 0 Å². The van der Waals surface area contributed by atoms with E-state index in [2.05, 4.69) is 18.9 Å². The van der Waals surface area contributed by atoms with Crippen LogP contribution in [0.1, 0.15) is 115 Å². The Morgan fingerprint density at radius 1 is 0.848 bits per heavy atom. The first-order valence-electron chi connectivity index (χ1n) is 12.8. The van der Waals surface area contributed by atoms with Crippen molar-refractivity contribution in [2.24, 2.45) is 0 Å². The second kappa shape index (κ2) is 14.4. The number of benzene rings is 1. The first-order chi connectivity index (χ1) is 15.9. The lowest BCUT2D eigenvalue weighted by Crippen LogP contribution is -2.14. The minimum absolute atomic E-state index is 0.214. The molecule has 2 N–H and O–H groups in total. The van der Waals surface area contributed by atoms with E-state index in [-0.39, 0.29) is 10.5 Å². The molecule has 7 heteroatoms. The summed E-state index contributed by atoms with van der Waals surface area (Å²) in [6, 6.07) is 7.46. The fourth-order valence-electron chi connectivity index (χ4n) is 4.40. The van der Waals surface area contributed by atoms with Crippen LogP contribution in [-0.2, 0) is 10.1 Å². The van der Waals surface area contributed by atoms with E-state index >= 15 is 0 Å². The summed E-state index contributed by atoms with van der Waals surface area (Å²) >= 11 is 0. The van der Waals surface area contributed by atoms with E-state index in [1.54, 1.807) is 12.1 Å². The summed E-state index contributed by atoms with van der Waals surface area (Å²) in [7, 11) is -4.33. The lowest BCUT2D eigenvalue weighted by molar-refractivity contribution is 0.477.